The van der Waals surface area contributed by atoms with Crippen molar-refractivity contribution in [3.8, 4) is 5.40 Å². The fourth-order valence-corrected chi connectivity index (χ4v) is 1.74. The first-order valence-electron chi connectivity index (χ1n) is 5.35. The van der Waals surface area contributed by atoms with Crippen LogP contribution in [0.25, 0.3) is 0 Å². The van der Waals surface area contributed by atoms with Crippen molar-refractivity contribution >= 4 is 29.3 Å². The zero-order chi connectivity index (χ0) is 13.7. The van der Waals surface area contributed by atoms with E-state index < -0.39 is 6.03 Å². The lowest BCUT2D eigenvalue weighted by molar-refractivity contribution is 0.262. The van der Waals surface area contributed by atoms with E-state index in [1.165, 1.54) is 0 Å². The Hall–Kier alpha value is -2.46. The normalized spacial score (nSPS) is 9.68. The van der Waals surface area contributed by atoms with Gasteiger partial charge in [0.2, 0.25) is 0 Å². The third kappa shape index (κ3) is 3.76. The monoisotopic (exact) mass is 274 g/mol. The third-order valence-electron chi connectivity index (χ3n) is 2.15. The molecule has 0 saturated carbocycles. The number of nitriles is 1. The maximum atomic E-state index is 11.6. The molecule has 6 nitrogen and oxygen atoms in total. The summed E-state index contributed by atoms with van der Waals surface area (Å²) in [6.45, 7) is 1.74. The number of aryl methyl sites for hydroxylation is 1. The van der Waals surface area contributed by atoms with E-state index >= 15 is 0 Å². The number of hydrogen-bond acceptors (Lipinski definition) is 5. The van der Waals surface area contributed by atoms with Crippen LogP contribution in [-0.4, -0.2) is 11.2 Å². The van der Waals surface area contributed by atoms with E-state index in [0.29, 0.717) is 17.3 Å². The van der Waals surface area contributed by atoms with E-state index in [1.807, 2.05) is 5.40 Å². The Balaban J connectivity index is 1.93. The van der Waals surface area contributed by atoms with Crippen LogP contribution < -0.4 is 10.6 Å². The highest BCUT2D eigenvalue weighted by atomic mass is 32.2. The lowest BCUT2D eigenvalue weighted by atomic mass is 10.3. The van der Waals surface area contributed by atoms with E-state index in [1.54, 1.807) is 37.3 Å². The second-order valence-electron chi connectivity index (χ2n) is 3.62. The Labute approximate surface area is 113 Å². The average Bonchev–Trinajstić information content (AvgIpc) is 2.77. The van der Waals surface area contributed by atoms with Gasteiger partial charge in [-0.25, -0.2) is 4.79 Å². The van der Waals surface area contributed by atoms with E-state index in [9.17, 15) is 4.79 Å². The highest BCUT2D eigenvalue weighted by Gasteiger charge is 2.06. The number of hydrogen-bond donors (Lipinski definition) is 2. The molecule has 0 aliphatic heterocycles. The smallest absolute Gasteiger partial charge is 0.324 e. The topological polar surface area (TPSA) is 91.0 Å². The molecule has 1 aromatic carbocycles. The van der Waals surface area contributed by atoms with E-state index in [2.05, 4.69) is 15.8 Å². The molecule has 0 bridgehead atoms. The fraction of sp³-hybridized carbons (Fsp3) is 0.0833. The molecule has 2 rings (SSSR count). The zero-order valence-corrected chi connectivity index (χ0v) is 10.8. The molecule has 0 saturated heterocycles. The van der Waals surface area contributed by atoms with Crippen molar-refractivity contribution < 1.29 is 9.32 Å². The van der Waals surface area contributed by atoms with Gasteiger partial charge in [0.05, 0.1) is 0 Å². The molecule has 0 fully saturated rings. The minimum atomic E-state index is -0.408. The summed E-state index contributed by atoms with van der Waals surface area (Å²) >= 11 is 1.06. The van der Waals surface area contributed by atoms with Crippen LogP contribution in [0.4, 0.5) is 16.3 Å². The van der Waals surface area contributed by atoms with Crippen LogP contribution >= 0.6 is 11.8 Å². The van der Waals surface area contributed by atoms with Gasteiger partial charge in [0, 0.05) is 16.6 Å². The largest absolute Gasteiger partial charge is 0.360 e. The Kier molecular flexibility index (Phi) is 4.05. The molecular formula is C12H10N4O2S. The molecule has 19 heavy (non-hydrogen) atoms. The number of nitrogens with zero attached hydrogens (tertiary/aromatic N) is 2. The summed E-state index contributed by atoms with van der Waals surface area (Å²) in [5.41, 5.74) is 0.625. The van der Waals surface area contributed by atoms with Crippen LogP contribution in [0, 0.1) is 17.6 Å². The zero-order valence-electron chi connectivity index (χ0n) is 10.0. The van der Waals surface area contributed by atoms with Crippen molar-refractivity contribution in [1.29, 1.82) is 5.26 Å². The van der Waals surface area contributed by atoms with Gasteiger partial charge in [-0.2, -0.15) is 5.26 Å². The quantitative estimate of drug-likeness (QED) is 0.662. The molecule has 2 N–H and O–H groups in total. The number of urea groups is 1. The highest BCUT2D eigenvalue weighted by molar-refractivity contribution is 8.03. The summed E-state index contributed by atoms with van der Waals surface area (Å²) in [6, 6.07) is 8.15. The Morgan fingerprint density at radius 1 is 1.37 bits per heavy atom. The molecule has 0 atom stereocenters. The molecule has 0 unspecified atom stereocenters. The Morgan fingerprint density at radius 3 is 2.68 bits per heavy atom. The first-order chi connectivity index (χ1) is 9.17. The maximum absolute atomic E-state index is 11.6. The van der Waals surface area contributed by atoms with E-state index in [4.69, 9.17) is 9.78 Å². The number of carbonyl (C=O) groups excluding carboxylic acids is 1. The van der Waals surface area contributed by atoms with Crippen molar-refractivity contribution in [2.45, 2.75) is 11.8 Å². The third-order valence-corrected chi connectivity index (χ3v) is 2.74. The summed E-state index contributed by atoms with van der Waals surface area (Å²) in [5.74, 6) is 0.972. The molecule has 1 heterocycles. The molecule has 1 aromatic heterocycles. The number of rotatable bonds is 3. The van der Waals surface area contributed by atoms with Gasteiger partial charge in [-0.05, 0) is 43.0 Å². The summed E-state index contributed by atoms with van der Waals surface area (Å²) in [5, 5.41) is 19.3. The first-order valence-corrected chi connectivity index (χ1v) is 6.16. The number of nitrogens with one attached hydrogen (secondary N) is 2. The van der Waals surface area contributed by atoms with Gasteiger partial charge >= 0.3 is 6.03 Å². The predicted molar refractivity (Wildman–Crippen MR) is 71.8 cm³/mol. The molecule has 0 aliphatic carbocycles. The number of thioether (sulfide) groups is 1. The molecule has 2 amide bonds. The number of amides is 2. The van der Waals surface area contributed by atoms with Gasteiger partial charge in [0.1, 0.15) is 11.2 Å². The second-order valence-corrected chi connectivity index (χ2v) is 4.48. The Bertz CT molecular complexity index is 615. The van der Waals surface area contributed by atoms with Crippen LogP contribution in [0.3, 0.4) is 0 Å². The van der Waals surface area contributed by atoms with Crippen LogP contribution in [0.1, 0.15) is 5.76 Å². The van der Waals surface area contributed by atoms with Crippen LogP contribution in [0.15, 0.2) is 39.8 Å². The van der Waals surface area contributed by atoms with E-state index in [-0.39, 0.29) is 0 Å². The average molecular weight is 274 g/mol. The summed E-state index contributed by atoms with van der Waals surface area (Å²) in [4.78, 5) is 12.5. The van der Waals surface area contributed by atoms with Gasteiger partial charge in [-0.3, -0.25) is 5.32 Å². The Morgan fingerprint density at radius 2 is 2.11 bits per heavy atom. The van der Waals surface area contributed by atoms with E-state index in [0.717, 1.165) is 16.7 Å². The summed E-state index contributed by atoms with van der Waals surface area (Å²) < 4.78 is 4.83. The van der Waals surface area contributed by atoms with Crippen molar-refractivity contribution in [2.24, 2.45) is 0 Å². The highest BCUT2D eigenvalue weighted by Crippen LogP contribution is 2.19. The summed E-state index contributed by atoms with van der Waals surface area (Å²) in [6.07, 6.45) is 0. The molecular weight excluding hydrogens is 264 g/mol. The van der Waals surface area contributed by atoms with Gasteiger partial charge in [0.25, 0.3) is 0 Å². The lowest BCUT2D eigenvalue weighted by Gasteiger charge is -2.05. The molecule has 96 valence electrons. The second kappa shape index (κ2) is 5.93. The minimum Gasteiger partial charge on any atom is -0.360 e. The predicted octanol–water partition coefficient (Wildman–Crippen LogP) is 3.20. The number of benzene rings is 1. The molecule has 7 heteroatoms. The van der Waals surface area contributed by atoms with Crippen molar-refractivity contribution in [3.05, 3.63) is 36.1 Å². The standard InChI is InChI=1S/C12H10N4O2S/c1-8-6-11(16-18-8)15-12(17)14-9-2-4-10(5-3-9)19-7-13/h2-6H,1H3,(H2,14,15,16,17). The van der Waals surface area contributed by atoms with Gasteiger partial charge in [-0.15, -0.1) is 0 Å². The molecule has 0 radical (unpaired) electrons. The molecule has 0 spiro atoms. The molecule has 0 aliphatic rings. The maximum Gasteiger partial charge on any atom is 0.324 e. The van der Waals surface area contributed by atoms with Crippen LogP contribution in [0.2, 0.25) is 0 Å². The van der Waals surface area contributed by atoms with Crippen molar-refractivity contribution in [3.63, 3.8) is 0 Å². The number of thiocyanates is 1. The van der Waals surface area contributed by atoms with Crippen LogP contribution in [-0.2, 0) is 0 Å². The van der Waals surface area contributed by atoms with Gasteiger partial charge < -0.3 is 9.84 Å². The number of carbonyl (C=O) groups is 1. The molecule has 2 aromatic rings. The number of anilines is 2. The van der Waals surface area contributed by atoms with Gasteiger partial charge in [0.15, 0.2) is 5.82 Å². The van der Waals surface area contributed by atoms with Crippen LogP contribution in [0.5, 0.6) is 0 Å². The SMILES string of the molecule is Cc1cc(NC(=O)Nc2ccc(SC#N)cc2)no1. The number of aromatic nitrogens is 1. The van der Waals surface area contributed by atoms with Crippen molar-refractivity contribution in [1.82, 2.24) is 5.16 Å². The fourth-order valence-electron chi connectivity index (χ4n) is 1.36. The first kappa shape index (κ1) is 13.0. The summed E-state index contributed by atoms with van der Waals surface area (Å²) in [7, 11) is 0. The minimum absolute atomic E-state index is 0.353. The van der Waals surface area contributed by atoms with Gasteiger partial charge in [-0.1, -0.05) is 5.16 Å². The van der Waals surface area contributed by atoms with Crippen molar-refractivity contribution in [2.75, 3.05) is 10.6 Å². The lowest BCUT2D eigenvalue weighted by Crippen LogP contribution is -2.19.